The lowest BCUT2D eigenvalue weighted by atomic mass is 9.67. The summed E-state index contributed by atoms with van der Waals surface area (Å²) in [5.41, 5.74) is 0.0991. The summed E-state index contributed by atoms with van der Waals surface area (Å²) in [5, 5.41) is 9.12. The van der Waals surface area contributed by atoms with Gasteiger partial charge in [0.1, 0.15) is 0 Å². The van der Waals surface area contributed by atoms with Crippen LogP contribution >= 0.6 is 0 Å². The van der Waals surface area contributed by atoms with E-state index in [4.69, 9.17) is 5.26 Å². The van der Waals surface area contributed by atoms with Gasteiger partial charge >= 0.3 is 0 Å². The second-order valence-electron chi connectivity index (χ2n) is 5.61. The van der Waals surface area contributed by atoms with E-state index in [0.717, 1.165) is 19.3 Å². The Morgan fingerprint density at radius 3 is 2.31 bits per heavy atom. The van der Waals surface area contributed by atoms with Crippen molar-refractivity contribution in [2.24, 2.45) is 5.41 Å². The fraction of sp³-hybridized carbons (Fsp3) is 0.929. The SMILES string of the molecule is N#CC1(CCCCN2CCCCC2)CCC1. The number of piperidine rings is 1. The van der Waals surface area contributed by atoms with Gasteiger partial charge in [-0.3, -0.25) is 0 Å². The molecule has 1 heterocycles. The number of nitriles is 1. The van der Waals surface area contributed by atoms with Gasteiger partial charge in [0, 0.05) is 0 Å². The molecule has 1 saturated carbocycles. The first-order chi connectivity index (χ1) is 7.85. The maximum atomic E-state index is 9.12. The molecule has 2 heteroatoms. The summed E-state index contributed by atoms with van der Waals surface area (Å²) >= 11 is 0. The minimum Gasteiger partial charge on any atom is -0.303 e. The number of hydrogen-bond acceptors (Lipinski definition) is 2. The molecule has 2 aliphatic rings. The molecule has 1 saturated heterocycles. The first-order valence-corrected chi connectivity index (χ1v) is 6.98. The summed E-state index contributed by atoms with van der Waals surface area (Å²) in [4.78, 5) is 2.60. The van der Waals surface area contributed by atoms with Crippen LogP contribution in [0.2, 0.25) is 0 Å². The van der Waals surface area contributed by atoms with Crippen LogP contribution in [0.5, 0.6) is 0 Å². The minimum atomic E-state index is 0.0991. The predicted octanol–water partition coefficient (Wildman–Crippen LogP) is 3.34. The van der Waals surface area contributed by atoms with Gasteiger partial charge in [0.25, 0.3) is 0 Å². The lowest BCUT2D eigenvalue weighted by molar-refractivity contribution is 0.180. The number of unbranched alkanes of at least 4 members (excludes halogenated alkanes) is 1. The lowest BCUT2D eigenvalue weighted by Crippen LogP contribution is -2.31. The van der Waals surface area contributed by atoms with E-state index in [1.807, 2.05) is 0 Å². The molecule has 2 nitrogen and oxygen atoms in total. The molecule has 90 valence electrons. The summed E-state index contributed by atoms with van der Waals surface area (Å²) < 4.78 is 0. The molecule has 0 atom stereocenters. The molecule has 0 spiro atoms. The van der Waals surface area contributed by atoms with Gasteiger partial charge < -0.3 is 4.90 Å². The Morgan fingerprint density at radius 1 is 1.00 bits per heavy atom. The largest absolute Gasteiger partial charge is 0.303 e. The van der Waals surface area contributed by atoms with Crippen molar-refractivity contribution >= 4 is 0 Å². The van der Waals surface area contributed by atoms with Gasteiger partial charge in [-0.15, -0.1) is 0 Å². The van der Waals surface area contributed by atoms with Crippen LogP contribution < -0.4 is 0 Å². The molecule has 0 aromatic heterocycles. The average molecular weight is 220 g/mol. The summed E-state index contributed by atoms with van der Waals surface area (Å²) in [7, 11) is 0. The van der Waals surface area contributed by atoms with E-state index < -0.39 is 0 Å². The third-order valence-electron chi connectivity index (χ3n) is 4.38. The van der Waals surface area contributed by atoms with E-state index in [0.29, 0.717) is 0 Å². The molecule has 2 rings (SSSR count). The van der Waals surface area contributed by atoms with Crippen molar-refractivity contribution in [1.29, 1.82) is 5.26 Å². The normalized spacial score (nSPS) is 24.7. The monoisotopic (exact) mass is 220 g/mol. The van der Waals surface area contributed by atoms with Crippen LogP contribution in [0.4, 0.5) is 0 Å². The minimum absolute atomic E-state index is 0.0991. The van der Waals surface area contributed by atoms with Gasteiger partial charge in [-0.1, -0.05) is 19.3 Å². The highest BCUT2D eigenvalue weighted by atomic mass is 15.1. The molecule has 1 aliphatic heterocycles. The van der Waals surface area contributed by atoms with Crippen LogP contribution in [0.1, 0.15) is 57.8 Å². The Morgan fingerprint density at radius 2 is 1.75 bits per heavy atom. The van der Waals surface area contributed by atoms with E-state index in [-0.39, 0.29) is 5.41 Å². The summed E-state index contributed by atoms with van der Waals surface area (Å²) in [5.74, 6) is 0. The van der Waals surface area contributed by atoms with Crippen LogP contribution in [0.3, 0.4) is 0 Å². The second kappa shape index (κ2) is 5.68. The third kappa shape index (κ3) is 2.98. The van der Waals surface area contributed by atoms with E-state index in [2.05, 4.69) is 11.0 Å². The zero-order chi connectivity index (χ0) is 11.3. The Kier molecular flexibility index (Phi) is 4.23. The van der Waals surface area contributed by atoms with Crippen molar-refractivity contribution in [3.63, 3.8) is 0 Å². The van der Waals surface area contributed by atoms with Crippen LogP contribution in [-0.2, 0) is 0 Å². The van der Waals surface area contributed by atoms with Crippen molar-refractivity contribution in [3.05, 3.63) is 0 Å². The molecule has 0 unspecified atom stereocenters. The predicted molar refractivity (Wildman–Crippen MR) is 66.0 cm³/mol. The summed E-state index contributed by atoms with van der Waals surface area (Å²) in [6, 6.07) is 2.54. The molecule has 0 N–H and O–H groups in total. The molecular weight excluding hydrogens is 196 g/mol. The molecule has 1 aliphatic carbocycles. The van der Waals surface area contributed by atoms with Gasteiger partial charge in [-0.05, 0) is 58.2 Å². The highest BCUT2D eigenvalue weighted by Gasteiger charge is 2.36. The fourth-order valence-corrected chi connectivity index (χ4v) is 3.00. The van der Waals surface area contributed by atoms with Crippen molar-refractivity contribution in [1.82, 2.24) is 4.90 Å². The summed E-state index contributed by atoms with van der Waals surface area (Å²) in [6.07, 6.45) is 11.5. The van der Waals surface area contributed by atoms with E-state index in [1.165, 1.54) is 58.2 Å². The smallest absolute Gasteiger partial charge is 0.0689 e. The number of rotatable bonds is 5. The van der Waals surface area contributed by atoms with Crippen LogP contribution in [0.15, 0.2) is 0 Å². The van der Waals surface area contributed by atoms with Crippen molar-refractivity contribution in [3.8, 4) is 6.07 Å². The number of nitrogens with zero attached hydrogens (tertiary/aromatic N) is 2. The highest BCUT2D eigenvalue weighted by Crippen LogP contribution is 2.44. The van der Waals surface area contributed by atoms with Crippen molar-refractivity contribution in [2.75, 3.05) is 19.6 Å². The Labute approximate surface area is 99.6 Å². The quantitative estimate of drug-likeness (QED) is 0.664. The average Bonchev–Trinajstić information content (AvgIpc) is 2.29. The Bertz CT molecular complexity index is 244. The Balaban J connectivity index is 1.56. The molecule has 2 fully saturated rings. The van der Waals surface area contributed by atoms with Gasteiger partial charge in [-0.2, -0.15) is 5.26 Å². The molecule has 0 amide bonds. The highest BCUT2D eigenvalue weighted by molar-refractivity contribution is 5.04. The molecule has 0 aromatic carbocycles. The maximum Gasteiger partial charge on any atom is 0.0689 e. The van der Waals surface area contributed by atoms with Crippen LogP contribution in [0, 0.1) is 16.7 Å². The van der Waals surface area contributed by atoms with Crippen molar-refractivity contribution in [2.45, 2.75) is 57.8 Å². The van der Waals surface area contributed by atoms with Crippen LogP contribution in [0.25, 0.3) is 0 Å². The molecule has 16 heavy (non-hydrogen) atoms. The molecular formula is C14H24N2. The maximum absolute atomic E-state index is 9.12. The number of likely N-dealkylation sites (tertiary alicyclic amines) is 1. The zero-order valence-electron chi connectivity index (χ0n) is 10.4. The number of hydrogen-bond donors (Lipinski definition) is 0. The Hall–Kier alpha value is -0.550. The zero-order valence-corrected chi connectivity index (χ0v) is 10.4. The van der Waals surface area contributed by atoms with E-state index in [9.17, 15) is 0 Å². The molecule has 0 bridgehead atoms. The first kappa shape index (κ1) is 11.9. The topological polar surface area (TPSA) is 27.0 Å². The first-order valence-electron chi connectivity index (χ1n) is 6.98. The molecule has 0 radical (unpaired) electrons. The van der Waals surface area contributed by atoms with Gasteiger partial charge in [0.2, 0.25) is 0 Å². The second-order valence-corrected chi connectivity index (χ2v) is 5.61. The van der Waals surface area contributed by atoms with E-state index >= 15 is 0 Å². The van der Waals surface area contributed by atoms with Crippen LogP contribution in [-0.4, -0.2) is 24.5 Å². The molecule has 0 aromatic rings. The standard InChI is InChI=1S/C14H24N2/c15-13-14(8-6-9-14)7-2-5-12-16-10-3-1-4-11-16/h1-12H2. The van der Waals surface area contributed by atoms with Crippen molar-refractivity contribution < 1.29 is 0 Å². The lowest BCUT2D eigenvalue weighted by Gasteiger charge is -2.35. The van der Waals surface area contributed by atoms with Gasteiger partial charge in [-0.25, -0.2) is 0 Å². The van der Waals surface area contributed by atoms with Gasteiger partial charge in [0.05, 0.1) is 11.5 Å². The van der Waals surface area contributed by atoms with Gasteiger partial charge in [0.15, 0.2) is 0 Å². The fourth-order valence-electron chi connectivity index (χ4n) is 3.00. The van der Waals surface area contributed by atoms with E-state index in [1.54, 1.807) is 0 Å². The summed E-state index contributed by atoms with van der Waals surface area (Å²) in [6.45, 7) is 3.88. The third-order valence-corrected chi connectivity index (χ3v) is 4.38.